The number of sulfonamides is 1. The van der Waals surface area contributed by atoms with Crippen LogP contribution in [0.3, 0.4) is 0 Å². The Labute approximate surface area is 181 Å². The largest absolute Gasteiger partial charge is 0.497 e. The van der Waals surface area contributed by atoms with E-state index in [0.717, 1.165) is 21.7 Å². The molecule has 1 aromatic heterocycles. The normalized spacial score (nSPS) is 11.2. The topological polar surface area (TPSA) is 106 Å². The molecule has 0 bridgehead atoms. The molecule has 0 aliphatic carbocycles. The smallest absolute Gasteiger partial charge is 0.246 e. The first-order valence-corrected chi connectivity index (χ1v) is 11.3. The van der Waals surface area contributed by atoms with E-state index in [4.69, 9.17) is 9.26 Å². The minimum absolute atomic E-state index is 0.0491. The Morgan fingerprint density at radius 2 is 1.74 bits per heavy atom. The van der Waals surface area contributed by atoms with Crippen molar-refractivity contribution in [1.82, 2.24) is 15.0 Å². The fraction of sp³-hybridized carbons (Fsp3) is 0.286. The SMILES string of the molecule is COc1ccc(-c2noc(CN(C)C(=O)CN(c3ccc(C)cc3)S(C)(=O)=O)n2)cc1. The van der Waals surface area contributed by atoms with E-state index in [1.807, 2.05) is 6.92 Å². The first-order chi connectivity index (χ1) is 14.7. The minimum Gasteiger partial charge on any atom is -0.497 e. The van der Waals surface area contributed by atoms with Crippen LogP contribution in [0, 0.1) is 6.92 Å². The lowest BCUT2D eigenvalue weighted by atomic mass is 10.2. The Bertz CT molecular complexity index is 1140. The number of carbonyl (C=O) groups excluding carboxylic acids is 1. The van der Waals surface area contributed by atoms with E-state index < -0.39 is 15.9 Å². The Morgan fingerprint density at radius 1 is 1.10 bits per heavy atom. The fourth-order valence-electron chi connectivity index (χ4n) is 2.82. The molecule has 0 saturated heterocycles. The standard InChI is InChI=1S/C21H24N4O5S/c1-15-5-9-17(10-6-15)25(31(4,27)28)14-20(26)24(2)13-19-22-21(23-30-19)16-7-11-18(29-3)12-8-16/h5-12H,13-14H2,1-4H3. The number of rotatable bonds is 8. The number of likely N-dealkylation sites (N-methyl/N-ethyl adjacent to an activating group) is 1. The number of aryl methyl sites for hydroxylation is 1. The number of hydrogen-bond donors (Lipinski definition) is 0. The molecular weight excluding hydrogens is 420 g/mol. The number of amides is 1. The van der Waals surface area contributed by atoms with Crippen molar-refractivity contribution in [2.75, 3.05) is 31.3 Å². The van der Waals surface area contributed by atoms with Gasteiger partial charge in [-0.3, -0.25) is 9.10 Å². The molecule has 2 aromatic carbocycles. The number of benzene rings is 2. The van der Waals surface area contributed by atoms with E-state index in [2.05, 4.69) is 10.1 Å². The van der Waals surface area contributed by atoms with Crippen molar-refractivity contribution in [3.05, 3.63) is 60.0 Å². The highest BCUT2D eigenvalue weighted by Gasteiger charge is 2.23. The van der Waals surface area contributed by atoms with Gasteiger partial charge in [-0.05, 0) is 43.3 Å². The van der Waals surface area contributed by atoms with Crippen LogP contribution < -0.4 is 9.04 Å². The first kappa shape index (κ1) is 22.3. The second kappa shape index (κ2) is 9.17. The maximum absolute atomic E-state index is 12.7. The van der Waals surface area contributed by atoms with Gasteiger partial charge >= 0.3 is 0 Å². The summed E-state index contributed by atoms with van der Waals surface area (Å²) in [6.07, 6.45) is 1.07. The van der Waals surface area contributed by atoms with Crippen LogP contribution in [-0.4, -0.2) is 56.3 Å². The summed E-state index contributed by atoms with van der Waals surface area (Å²) in [5.74, 6) is 0.927. The molecule has 0 unspecified atom stereocenters. The third-order valence-corrected chi connectivity index (χ3v) is 5.76. The molecule has 0 saturated carbocycles. The minimum atomic E-state index is -3.65. The number of ether oxygens (including phenoxy) is 1. The Kier molecular flexibility index (Phi) is 6.59. The highest BCUT2D eigenvalue weighted by atomic mass is 32.2. The highest BCUT2D eigenvalue weighted by Crippen LogP contribution is 2.21. The van der Waals surface area contributed by atoms with Crippen molar-refractivity contribution in [3.8, 4) is 17.1 Å². The van der Waals surface area contributed by atoms with E-state index >= 15 is 0 Å². The molecule has 0 radical (unpaired) electrons. The first-order valence-electron chi connectivity index (χ1n) is 9.42. The zero-order valence-corrected chi connectivity index (χ0v) is 18.6. The zero-order valence-electron chi connectivity index (χ0n) is 17.8. The molecule has 0 N–H and O–H groups in total. The van der Waals surface area contributed by atoms with Gasteiger partial charge in [0.15, 0.2) is 0 Å². The predicted molar refractivity (Wildman–Crippen MR) is 116 cm³/mol. The van der Waals surface area contributed by atoms with Crippen molar-refractivity contribution in [3.63, 3.8) is 0 Å². The molecule has 3 aromatic rings. The molecule has 0 aliphatic heterocycles. The van der Waals surface area contributed by atoms with E-state index in [1.165, 1.54) is 4.90 Å². The van der Waals surface area contributed by atoms with Crippen LogP contribution in [0.25, 0.3) is 11.4 Å². The van der Waals surface area contributed by atoms with E-state index in [9.17, 15) is 13.2 Å². The summed E-state index contributed by atoms with van der Waals surface area (Å²) in [6.45, 7) is 1.61. The molecule has 0 atom stereocenters. The molecular formula is C21H24N4O5S. The lowest BCUT2D eigenvalue weighted by Gasteiger charge is -2.24. The highest BCUT2D eigenvalue weighted by molar-refractivity contribution is 7.92. The van der Waals surface area contributed by atoms with E-state index in [0.29, 0.717) is 17.3 Å². The van der Waals surface area contributed by atoms with Crippen molar-refractivity contribution in [2.45, 2.75) is 13.5 Å². The number of aromatic nitrogens is 2. The lowest BCUT2D eigenvalue weighted by Crippen LogP contribution is -2.41. The number of nitrogens with zero attached hydrogens (tertiary/aromatic N) is 4. The summed E-state index contributed by atoms with van der Waals surface area (Å²) in [5.41, 5.74) is 2.16. The van der Waals surface area contributed by atoms with Gasteiger partial charge in [0.2, 0.25) is 27.6 Å². The van der Waals surface area contributed by atoms with Gasteiger partial charge in [0, 0.05) is 12.6 Å². The Morgan fingerprint density at radius 3 is 2.32 bits per heavy atom. The average molecular weight is 445 g/mol. The van der Waals surface area contributed by atoms with Crippen molar-refractivity contribution < 1.29 is 22.5 Å². The van der Waals surface area contributed by atoms with Gasteiger partial charge in [-0.2, -0.15) is 4.98 Å². The third-order valence-electron chi connectivity index (χ3n) is 4.62. The van der Waals surface area contributed by atoms with Gasteiger partial charge in [0.05, 0.1) is 25.6 Å². The van der Waals surface area contributed by atoms with Crippen LogP contribution in [0.2, 0.25) is 0 Å². The van der Waals surface area contributed by atoms with Crippen LogP contribution in [0.1, 0.15) is 11.5 Å². The van der Waals surface area contributed by atoms with Gasteiger partial charge in [-0.25, -0.2) is 8.42 Å². The fourth-order valence-corrected chi connectivity index (χ4v) is 3.67. The molecule has 0 aliphatic rings. The number of hydrogen-bond acceptors (Lipinski definition) is 7. The Hall–Kier alpha value is -3.40. The van der Waals surface area contributed by atoms with Crippen LogP contribution in [0.4, 0.5) is 5.69 Å². The van der Waals surface area contributed by atoms with Gasteiger partial charge in [-0.1, -0.05) is 22.9 Å². The summed E-state index contributed by atoms with van der Waals surface area (Å²) in [5, 5.41) is 3.94. The van der Waals surface area contributed by atoms with Crippen LogP contribution in [0.5, 0.6) is 5.75 Å². The molecule has 1 heterocycles. The zero-order chi connectivity index (χ0) is 22.6. The molecule has 9 nitrogen and oxygen atoms in total. The maximum atomic E-state index is 12.7. The summed E-state index contributed by atoms with van der Waals surface area (Å²) in [7, 11) is -0.514. The Balaban J connectivity index is 1.69. The molecule has 0 fully saturated rings. The molecule has 10 heteroatoms. The quantitative estimate of drug-likeness (QED) is 0.525. The van der Waals surface area contributed by atoms with Gasteiger partial charge in [0.25, 0.3) is 0 Å². The van der Waals surface area contributed by atoms with E-state index in [-0.39, 0.29) is 19.0 Å². The van der Waals surface area contributed by atoms with Gasteiger partial charge < -0.3 is 14.2 Å². The average Bonchev–Trinajstić information content (AvgIpc) is 3.20. The third kappa shape index (κ3) is 5.60. The summed E-state index contributed by atoms with van der Waals surface area (Å²) in [4.78, 5) is 18.4. The van der Waals surface area contributed by atoms with Crippen molar-refractivity contribution >= 4 is 21.6 Å². The van der Waals surface area contributed by atoms with Crippen molar-refractivity contribution in [1.29, 1.82) is 0 Å². The summed E-state index contributed by atoms with van der Waals surface area (Å²) < 4.78 is 35.9. The number of methoxy groups -OCH3 is 1. The summed E-state index contributed by atoms with van der Waals surface area (Å²) in [6, 6.07) is 14.1. The molecule has 31 heavy (non-hydrogen) atoms. The number of anilines is 1. The monoisotopic (exact) mass is 444 g/mol. The van der Waals surface area contributed by atoms with E-state index in [1.54, 1.807) is 62.7 Å². The molecule has 3 rings (SSSR count). The van der Waals surface area contributed by atoms with Gasteiger partial charge in [-0.15, -0.1) is 0 Å². The lowest BCUT2D eigenvalue weighted by molar-refractivity contribution is -0.129. The molecule has 1 amide bonds. The molecule has 164 valence electrons. The number of carbonyl (C=O) groups is 1. The predicted octanol–water partition coefficient (Wildman–Crippen LogP) is 2.48. The van der Waals surface area contributed by atoms with Crippen molar-refractivity contribution in [2.24, 2.45) is 0 Å². The molecule has 0 spiro atoms. The summed E-state index contributed by atoms with van der Waals surface area (Å²) >= 11 is 0. The second-order valence-corrected chi connectivity index (χ2v) is 9.00. The second-order valence-electron chi connectivity index (χ2n) is 7.10. The van der Waals surface area contributed by atoms with Gasteiger partial charge in [0.1, 0.15) is 12.3 Å². The van der Waals surface area contributed by atoms with Crippen LogP contribution in [0.15, 0.2) is 53.1 Å². The van der Waals surface area contributed by atoms with Crippen LogP contribution in [-0.2, 0) is 21.4 Å². The van der Waals surface area contributed by atoms with Crippen LogP contribution >= 0.6 is 0 Å². The maximum Gasteiger partial charge on any atom is 0.246 e.